The van der Waals surface area contributed by atoms with Gasteiger partial charge in [0.05, 0.1) is 23.9 Å². The molecular weight excluding hydrogens is 416 g/mol. The maximum atomic E-state index is 12.9. The fourth-order valence-electron chi connectivity index (χ4n) is 3.50. The van der Waals surface area contributed by atoms with Crippen molar-refractivity contribution in [3.05, 3.63) is 48.5 Å². The van der Waals surface area contributed by atoms with Crippen LogP contribution in [0, 0.1) is 5.92 Å². The normalized spacial score (nSPS) is 15.9. The van der Waals surface area contributed by atoms with Crippen LogP contribution >= 0.6 is 11.8 Å². The molecule has 1 aliphatic rings. The van der Waals surface area contributed by atoms with E-state index in [1.54, 1.807) is 21.7 Å². The molecule has 4 rings (SSSR count). The molecule has 3 aromatic rings. The molecule has 0 saturated carbocycles. The van der Waals surface area contributed by atoms with Crippen LogP contribution in [0.5, 0.6) is 5.75 Å². The lowest BCUT2D eigenvalue weighted by molar-refractivity contribution is -0.122. The first-order valence-electron chi connectivity index (χ1n) is 9.86. The van der Waals surface area contributed by atoms with Crippen LogP contribution in [0.3, 0.4) is 0 Å². The van der Waals surface area contributed by atoms with Crippen LogP contribution in [0.2, 0.25) is 0 Å². The van der Waals surface area contributed by atoms with Gasteiger partial charge >= 0.3 is 0 Å². The number of amides is 2. The summed E-state index contributed by atoms with van der Waals surface area (Å²) in [6.07, 6.45) is 2.04. The highest BCUT2D eigenvalue weighted by Gasteiger charge is 2.36. The zero-order chi connectivity index (χ0) is 21.8. The van der Waals surface area contributed by atoms with Gasteiger partial charge in [-0.05, 0) is 53.9 Å². The Morgan fingerprint density at radius 3 is 2.90 bits per heavy atom. The second-order valence-corrected chi connectivity index (χ2v) is 7.70. The van der Waals surface area contributed by atoms with Gasteiger partial charge in [0.25, 0.3) is 0 Å². The monoisotopic (exact) mass is 438 g/mol. The minimum absolute atomic E-state index is 0.0978. The van der Waals surface area contributed by atoms with Gasteiger partial charge in [0, 0.05) is 18.7 Å². The summed E-state index contributed by atoms with van der Waals surface area (Å²) < 4.78 is 7.24. The summed E-state index contributed by atoms with van der Waals surface area (Å²) in [5.41, 5.74) is 2.04. The van der Waals surface area contributed by atoms with E-state index >= 15 is 0 Å². The Bertz CT molecular complexity index is 1100. The van der Waals surface area contributed by atoms with Crippen molar-refractivity contribution in [3.8, 4) is 11.4 Å². The Balaban J connectivity index is 1.48. The molecule has 10 heteroatoms. The molecule has 0 aliphatic carbocycles. The van der Waals surface area contributed by atoms with Gasteiger partial charge in [-0.25, -0.2) is 0 Å². The molecule has 2 heterocycles. The third-order valence-electron chi connectivity index (χ3n) is 4.93. The Hall–Kier alpha value is -3.40. The number of tetrazole rings is 1. The number of ether oxygens (including phenoxy) is 1. The molecule has 0 bridgehead atoms. The fraction of sp³-hybridized carbons (Fsp3) is 0.286. The molecule has 1 atom stereocenters. The molecule has 0 radical (unpaired) electrons. The smallest absolute Gasteiger partial charge is 0.229 e. The van der Waals surface area contributed by atoms with Crippen LogP contribution in [0.1, 0.15) is 13.3 Å². The first kappa shape index (κ1) is 20.9. The average molecular weight is 439 g/mol. The van der Waals surface area contributed by atoms with Crippen molar-refractivity contribution >= 4 is 35.0 Å². The second kappa shape index (κ2) is 9.17. The van der Waals surface area contributed by atoms with Gasteiger partial charge in [-0.1, -0.05) is 30.0 Å². The van der Waals surface area contributed by atoms with Crippen LogP contribution < -0.4 is 15.0 Å². The third-order valence-corrected chi connectivity index (χ3v) is 5.55. The summed E-state index contributed by atoms with van der Waals surface area (Å²) in [4.78, 5) is 27.2. The number of hydrogen-bond acceptors (Lipinski definition) is 7. The highest BCUT2D eigenvalue weighted by atomic mass is 32.2. The zero-order valence-corrected chi connectivity index (χ0v) is 18.0. The van der Waals surface area contributed by atoms with Crippen LogP contribution in [-0.2, 0) is 9.59 Å². The van der Waals surface area contributed by atoms with Crippen LogP contribution in [0.25, 0.3) is 5.69 Å². The third kappa shape index (κ3) is 4.38. The first-order chi connectivity index (χ1) is 15.1. The van der Waals surface area contributed by atoms with Gasteiger partial charge in [0.2, 0.25) is 17.0 Å². The number of thioether (sulfide) groups is 1. The fourth-order valence-corrected chi connectivity index (χ4v) is 3.93. The maximum absolute atomic E-state index is 12.9. The van der Waals surface area contributed by atoms with E-state index in [0.29, 0.717) is 35.4 Å². The second-order valence-electron chi connectivity index (χ2n) is 6.92. The molecule has 1 aliphatic heterocycles. The van der Waals surface area contributed by atoms with E-state index in [4.69, 9.17) is 4.74 Å². The number of para-hydroxylation sites is 2. The lowest BCUT2D eigenvalue weighted by Gasteiger charge is -2.20. The van der Waals surface area contributed by atoms with Crippen molar-refractivity contribution in [2.24, 2.45) is 5.92 Å². The molecule has 1 fully saturated rings. The highest BCUT2D eigenvalue weighted by molar-refractivity contribution is 7.98. The van der Waals surface area contributed by atoms with E-state index in [-0.39, 0.29) is 18.2 Å². The van der Waals surface area contributed by atoms with Gasteiger partial charge < -0.3 is 15.0 Å². The van der Waals surface area contributed by atoms with E-state index < -0.39 is 5.92 Å². The Morgan fingerprint density at radius 1 is 1.26 bits per heavy atom. The van der Waals surface area contributed by atoms with E-state index in [9.17, 15) is 9.59 Å². The number of carbonyl (C=O) groups excluding carboxylic acids is 2. The molecule has 1 aromatic heterocycles. The predicted molar refractivity (Wildman–Crippen MR) is 118 cm³/mol. The first-order valence-corrected chi connectivity index (χ1v) is 11.1. The molecule has 1 N–H and O–H groups in total. The standard InChI is InChI=1S/C21H22N6O3S/c1-3-30-18-10-5-4-9-17(18)26-13-14(11-19(26)28)20(29)22-15-7-6-8-16(12-15)27-21(31-2)23-24-25-27/h4-10,12,14H,3,11,13H2,1-2H3,(H,22,29). The van der Waals surface area contributed by atoms with Crippen molar-refractivity contribution in [1.29, 1.82) is 0 Å². The molecule has 160 valence electrons. The minimum atomic E-state index is -0.458. The van der Waals surface area contributed by atoms with Crippen molar-refractivity contribution in [2.75, 3.05) is 29.6 Å². The number of nitrogens with zero attached hydrogens (tertiary/aromatic N) is 5. The Morgan fingerprint density at radius 2 is 2.10 bits per heavy atom. The molecule has 9 nitrogen and oxygen atoms in total. The Labute approximate surface area is 183 Å². The van der Waals surface area contributed by atoms with Crippen molar-refractivity contribution in [1.82, 2.24) is 20.2 Å². The van der Waals surface area contributed by atoms with Gasteiger partial charge in [0.15, 0.2) is 0 Å². The van der Waals surface area contributed by atoms with E-state index in [2.05, 4.69) is 20.8 Å². The summed E-state index contributed by atoms with van der Waals surface area (Å²) in [6, 6.07) is 14.6. The number of aromatic nitrogens is 4. The molecular formula is C21H22N6O3S. The van der Waals surface area contributed by atoms with Crippen molar-refractivity contribution in [3.63, 3.8) is 0 Å². The Kier molecular flexibility index (Phi) is 6.17. The molecule has 1 saturated heterocycles. The van der Waals surface area contributed by atoms with Gasteiger partial charge in [-0.2, -0.15) is 4.68 Å². The van der Waals surface area contributed by atoms with E-state index in [1.165, 1.54) is 11.8 Å². The van der Waals surface area contributed by atoms with E-state index in [0.717, 1.165) is 5.69 Å². The summed E-state index contributed by atoms with van der Waals surface area (Å²) in [7, 11) is 0. The topological polar surface area (TPSA) is 102 Å². The predicted octanol–water partition coefficient (Wildman–Crippen LogP) is 2.77. The minimum Gasteiger partial charge on any atom is -0.492 e. The zero-order valence-electron chi connectivity index (χ0n) is 17.2. The number of rotatable bonds is 7. The summed E-state index contributed by atoms with van der Waals surface area (Å²) >= 11 is 1.43. The van der Waals surface area contributed by atoms with Crippen LogP contribution in [0.15, 0.2) is 53.7 Å². The van der Waals surface area contributed by atoms with Gasteiger partial charge in [-0.3, -0.25) is 9.59 Å². The van der Waals surface area contributed by atoms with Crippen molar-refractivity contribution in [2.45, 2.75) is 18.5 Å². The molecule has 2 amide bonds. The number of hydrogen-bond donors (Lipinski definition) is 1. The number of benzene rings is 2. The average Bonchev–Trinajstić information content (AvgIpc) is 3.41. The van der Waals surface area contributed by atoms with Gasteiger partial charge in [-0.15, -0.1) is 5.10 Å². The summed E-state index contributed by atoms with van der Waals surface area (Å²) in [5.74, 6) is -0.123. The highest BCUT2D eigenvalue weighted by Crippen LogP contribution is 2.33. The van der Waals surface area contributed by atoms with Crippen LogP contribution in [0.4, 0.5) is 11.4 Å². The molecule has 2 aromatic carbocycles. The van der Waals surface area contributed by atoms with Crippen molar-refractivity contribution < 1.29 is 14.3 Å². The lowest BCUT2D eigenvalue weighted by Crippen LogP contribution is -2.28. The molecule has 0 spiro atoms. The number of anilines is 2. The lowest BCUT2D eigenvalue weighted by atomic mass is 10.1. The van der Waals surface area contributed by atoms with Gasteiger partial charge in [0.1, 0.15) is 5.75 Å². The quantitative estimate of drug-likeness (QED) is 0.566. The van der Waals surface area contributed by atoms with Crippen LogP contribution in [-0.4, -0.2) is 51.4 Å². The molecule has 1 unspecified atom stereocenters. The molecule has 31 heavy (non-hydrogen) atoms. The largest absolute Gasteiger partial charge is 0.492 e. The summed E-state index contributed by atoms with van der Waals surface area (Å²) in [6.45, 7) is 2.70. The summed E-state index contributed by atoms with van der Waals surface area (Å²) in [5, 5.41) is 15.2. The SMILES string of the molecule is CCOc1ccccc1N1CC(C(=O)Nc2cccc(-n3nnnc3SC)c2)CC1=O. The number of carbonyl (C=O) groups is 2. The van der Waals surface area contributed by atoms with E-state index in [1.807, 2.05) is 49.6 Å². The number of nitrogens with one attached hydrogen (secondary N) is 1. The maximum Gasteiger partial charge on any atom is 0.229 e.